The molecule has 0 aliphatic rings. The number of rotatable bonds is 4. The fourth-order valence-corrected chi connectivity index (χ4v) is 2.44. The molecule has 0 amide bonds. The minimum atomic E-state index is -4.49. The van der Waals surface area contributed by atoms with Gasteiger partial charge in [0.05, 0.1) is 22.5 Å². The summed E-state index contributed by atoms with van der Waals surface area (Å²) < 4.78 is 39.0. The molecule has 3 N–H and O–H groups in total. The number of carboxylic acid groups (broad SMARTS) is 1. The van der Waals surface area contributed by atoms with Crippen molar-refractivity contribution in [2.24, 2.45) is 10.2 Å². The molecule has 3 rings (SSSR count). The summed E-state index contributed by atoms with van der Waals surface area (Å²) in [6.45, 7) is 1.50. The number of aromatic nitrogens is 2. The highest BCUT2D eigenvalue weighted by Gasteiger charge is 2.30. The lowest BCUT2D eigenvalue weighted by molar-refractivity contribution is -0.137. The van der Waals surface area contributed by atoms with Gasteiger partial charge in [0.2, 0.25) is 5.88 Å². The highest BCUT2D eigenvalue weighted by atomic mass is 19.4. The van der Waals surface area contributed by atoms with Gasteiger partial charge in [0.1, 0.15) is 11.4 Å². The van der Waals surface area contributed by atoms with E-state index in [1.165, 1.54) is 19.1 Å². The maximum atomic E-state index is 12.7. The van der Waals surface area contributed by atoms with E-state index in [1.54, 1.807) is 0 Å². The number of hydrogen-bond donors (Lipinski definition) is 3. The second kappa shape index (κ2) is 7.26. The van der Waals surface area contributed by atoms with Crippen molar-refractivity contribution in [1.29, 1.82) is 0 Å². The van der Waals surface area contributed by atoms with Crippen molar-refractivity contribution >= 4 is 17.3 Å². The van der Waals surface area contributed by atoms with E-state index in [0.717, 1.165) is 35.0 Å². The Hall–Kier alpha value is -3.89. The van der Waals surface area contributed by atoms with Crippen LogP contribution in [0.4, 0.5) is 24.5 Å². The molecule has 8 nitrogen and oxygen atoms in total. The third-order valence-electron chi connectivity index (χ3n) is 3.92. The lowest BCUT2D eigenvalue weighted by atomic mass is 10.2. The minimum Gasteiger partial charge on any atom is -0.506 e. The molecule has 1 heterocycles. The highest BCUT2D eigenvalue weighted by molar-refractivity contribution is 5.88. The van der Waals surface area contributed by atoms with Gasteiger partial charge in [-0.25, -0.2) is 4.79 Å². The molecule has 3 aromatic rings. The van der Waals surface area contributed by atoms with Crippen molar-refractivity contribution in [3.05, 3.63) is 59.3 Å². The van der Waals surface area contributed by atoms with Crippen molar-refractivity contribution in [2.75, 3.05) is 0 Å². The molecule has 150 valence electrons. The van der Waals surface area contributed by atoms with E-state index in [2.05, 4.69) is 15.3 Å². The summed E-state index contributed by atoms with van der Waals surface area (Å²) in [6, 6.07) is 7.45. The first-order valence-electron chi connectivity index (χ1n) is 8.02. The minimum absolute atomic E-state index is 0.0453. The smallest absolute Gasteiger partial charge is 0.416 e. The van der Waals surface area contributed by atoms with Gasteiger partial charge in [-0.1, -0.05) is 0 Å². The van der Waals surface area contributed by atoms with Crippen molar-refractivity contribution in [3.8, 4) is 17.3 Å². The molecule has 0 spiro atoms. The van der Waals surface area contributed by atoms with Crippen LogP contribution in [0.15, 0.2) is 52.7 Å². The largest absolute Gasteiger partial charge is 0.506 e. The normalized spacial score (nSPS) is 11.9. The zero-order valence-corrected chi connectivity index (χ0v) is 14.7. The average Bonchev–Trinajstić information content (AvgIpc) is 2.94. The van der Waals surface area contributed by atoms with Crippen LogP contribution >= 0.6 is 0 Å². The lowest BCUT2D eigenvalue weighted by Crippen LogP contribution is -2.05. The second-order valence-electron chi connectivity index (χ2n) is 5.92. The summed E-state index contributed by atoms with van der Waals surface area (Å²) >= 11 is 0. The van der Waals surface area contributed by atoms with E-state index >= 15 is 0 Å². The number of nitrogens with zero attached hydrogens (tertiary/aromatic N) is 4. The lowest BCUT2D eigenvalue weighted by Gasteiger charge is -2.08. The summed E-state index contributed by atoms with van der Waals surface area (Å²) in [4.78, 5) is 10.9. The average molecular weight is 406 g/mol. The topological polar surface area (TPSA) is 120 Å². The summed E-state index contributed by atoms with van der Waals surface area (Å²) in [7, 11) is 0. The molecule has 2 aromatic carbocycles. The maximum absolute atomic E-state index is 12.7. The van der Waals surface area contributed by atoms with E-state index in [-0.39, 0.29) is 28.3 Å². The van der Waals surface area contributed by atoms with Gasteiger partial charge >= 0.3 is 12.1 Å². The van der Waals surface area contributed by atoms with E-state index < -0.39 is 29.3 Å². The number of azo groups is 1. The van der Waals surface area contributed by atoms with Crippen molar-refractivity contribution in [2.45, 2.75) is 13.1 Å². The van der Waals surface area contributed by atoms with Gasteiger partial charge < -0.3 is 15.3 Å². The standard InChI is InChI=1S/C18H13F3N4O4/c1-9-15(23-22-13-7-2-10(17(28)29)8-14(13)26)16(27)25(24-9)12-5-3-11(4-6-12)18(19,20)21/h2-8,26-27H,1H3,(H,28,29)/b23-22+. The Morgan fingerprint density at radius 3 is 2.28 bits per heavy atom. The highest BCUT2D eigenvalue weighted by Crippen LogP contribution is 2.36. The monoisotopic (exact) mass is 406 g/mol. The van der Waals surface area contributed by atoms with Crippen LogP contribution in [-0.2, 0) is 6.18 Å². The molecule has 29 heavy (non-hydrogen) atoms. The molecule has 0 fully saturated rings. The predicted octanol–water partition coefficient (Wildman–Crippen LogP) is 4.72. The number of aromatic carboxylic acids is 1. The number of aromatic hydroxyl groups is 2. The van der Waals surface area contributed by atoms with Gasteiger partial charge in [0.15, 0.2) is 5.69 Å². The third kappa shape index (κ3) is 4.03. The van der Waals surface area contributed by atoms with Crippen molar-refractivity contribution in [3.63, 3.8) is 0 Å². The number of phenols is 1. The molecule has 0 aliphatic heterocycles. The first-order valence-corrected chi connectivity index (χ1v) is 8.02. The number of benzene rings is 2. The number of aryl methyl sites for hydroxylation is 1. The fraction of sp³-hybridized carbons (Fsp3) is 0.111. The first kappa shape index (κ1) is 19.9. The third-order valence-corrected chi connectivity index (χ3v) is 3.92. The summed E-state index contributed by atoms with van der Waals surface area (Å²) in [6.07, 6.45) is -4.49. The van der Waals surface area contributed by atoms with Crippen LogP contribution in [0.5, 0.6) is 11.6 Å². The Bertz CT molecular complexity index is 1110. The molecule has 0 unspecified atom stereocenters. The fourth-order valence-electron chi connectivity index (χ4n) is 2.44. The molecular weight excluding hydrogens is 393 g/mol. The van der Waals surface area contributed by atoms with Gasteiger partial charge in [-0.2, -0.15) is 23.0 Å². The van der Waals surface area contributed by atoms with Crippen LogP contribution in [-0.4, -0.2) is 31.1 Å². The molecule has 0 saturated carbocycles. The SMILES string of the molecule is Cc1nn(-c2ccc(C(F)(F)F)cc2)c(O)c1/N=N/c1ccc(C(=O)O)cc1O. The summed E-state index contributed by atoms with van der Waals surface area (Å²) in [5.74, 6) is -2.12. The predicted molar refractivity (Wildman–Crippen MR) is 94.2 cm³/mol. The number of phenolic OH excluding ortho intramolecular Hbond substituents is 1. The zero-order chi connectivity index (χ0) is 21.3. The van der Waals surface area contributed by atoms with E-state index in [0.29, 0.717) is 0 Å². The van der Waals surface area contributed by atoms with Crippen molar-refractivity contribution in [1.82, 2.24) is 9.78 Å². The molecular formula is C18H13F3N4O4. The van der Waals surface area contributed by atoms with Crippen LogP contribution in [0.2, 0.25) is 0 Å². The number of carboxylic acids is 1. The van der Waals surface area contributed by atoms with Gasteiger partial charge in [0, 0.05) is 0 Å². The number of alkyl halides is 3. The van der Waals surface area contributed by atoms with Gasteiger partial charge in [-0.3, -0.25) is 0 Å². The molecule has 0 atom stereocenters. The van der Waals surface area contributed by atoms with Crippen LogP contribution in [0.25, 0.3) is 5.69 Å². The van der Waals surface area contributed by atoms with E-state index in [1.807, 2.05) is 0 Å². The van der Waals surface area contributed by atoms with Gasteiger partial charge in [0.25, 0.3) is 0 Å². The molecule has 0 aliphatic carbocycles. The Kier molecular flexibility index (Phi) is 4.97. The Morgan fingerprint density at radius 1 is 1.07 bits per heavy atom. The zero-order valence-electron chi connectivity index (χ0n) is 14.7. The Balaban J connectivity index is 1.92. The van der Waals surface area contributed by atoms with Gasteiger partial charge in [-0.05, 0) is 49.4 Å². The van der Waals surface area contributed by atoms with Crippen LogP contribution in [0.1, 0.15) is 21.6 Å². The Labute approximate surface area is 161 Å². The van der Waals surface area contributed by atoms with Crippen LogP contribution in [0.3, 0.4) is 0 Å². The number of hydrogen-bond acceptors (Lipinski definition) is 6. The molecule has 0 saturated heterocycles. The van der Waals surface area contributed by atoms with Crippen LogP contribution < -0.4 is 0 Å². The van der Waals surface area contributed by atoms with E-state index in [4.69, 9.17) is 5.11 Å². The number of carbonyl (C=O) groups is 1. The molecule has 0 radical (unpaired) electrons. The summed E-state index contributed by atoms with van der Waals surface area (Å²) in [5.41, 5.74) is -0.690. The van der Waals surface area contributed by atoms with Crippen molar-refractivity contribution < 1.29 is 33.3 Å². The quantitative estimate of drug-likeness (QED) is 0.541. The molecule has 0 bridgehead atoms. The Morgan fingerprint density at radius 2 is 1.72 bits per heavy atom. The van der Waals surface area contributed by atoms with E-state index in [9.17, 15) is 28.2 Å². The maximum Gasteiger partial charge on any atom is 0.416 e. The second-order valence-corrected chi connectivity index (χ2v) is 5.92. The van der Waals surface area contributed by atoms with Gasteiger partial charge in [-0.15, -0.1) is 10.2 Å². The first-order chi connectivity index (χ1) is 13.6. The van der Waals surface area contributed by atoms with Crippen LogP contribution in [0, 0.1) is 6.92 Å². The molecule has 11 heteroatoms. The summed E-state index contributed by atoms with van der Waals surface area (Å²) in [5, 5.41) is 40.7. The molecule has 1 aromatic heterocycles. The number of halogens is 3.